The quantitative estimate of drug-likeness (QED) is 0.283. The van der Waals surface area contributed by atoms with Gasteiger partial charge in [0.05, 0.1) is 43.6 Å². The van der Waals surface area contributed by atoms with Crippen LogP contribution in [-0.2, 0) is 20.2 Å². The second-order valence-electron chi connectivity index (χ2n) is 13.3. The van der Waals surface area contributed by atoms with Crippen LogP contribution in [0.5, 0.6) is 5.75 Å². The number of hydrogen-bond donors (Lipinski definition) is 3. The summed E-state index contributed by atoms with van der Waals surface area (Å²) in [5, 5.41) is 8.07. The van der Waals surface area contributed by atoms with Crippen molar-refractivity contribution >= 4 is 43.9 Å². The lowest BCUT2D eigenvalue weighted by Gasteiger charge is -2.42. The minimum Gasteiger partial charge on any atom is -0.492 e. The summed E-state index contributed by atoms with van der Waals surface area (Å²) in [4.78, 5) is 18.5. The van der Waals surface area contributed by atoms with Gasteiger partial charge in [-0.3, -0.25) is 9.62 Å². The number of rotatable bonds is 8. The standard InChI is InChI=1S/C34H47N5O5S/c1-34(2,3)24-21-29(32(43-5)30(22-24)37-45(6,41)42)36-33(40)35-28-12-11-27(25-9-7-8-10-26(25)28)31(39-17-19-44-20-18-39)23-13-15-38(4)16-14-23/h7-12,21-23,31,37H,13-20H2,1-6H3,(H2,35,36,40). The largest absolute Gasteiger partial charge is 0.492 e. The lowest BCUT2D eigenvalue weighted by molar-refractivity contribution is -0.00611. The number of ether oxygens (including phenoxy) is 2. The van der Waals surface area contributed by atoms with Gasteiger partial charge < -0.3 is 25.0 Å². The average molecular weight is 638 g/mol. The minimum atomic E-state index is -3.59. The lowest BCUT2D eigenvalue weighted by atomic mass is 9.82. The molecule has 3 N–H and O–H groups in total. The van der Waals surface area contributed by atoms with Gasteiger partial charge in [0, 0.05) is 24.5 Å². The maximum atomic E-state index is 13.6. The first-order chi connectivity index (χ1) is 21.3. The zero-order chi connectivity index (χ0) is 32.4. The Balaban J connectivity index is 1.48. The first kappa shape index (κ1) is 33.0. The molecule has 0 aliphatic carbocycles. The van der Waals surface area contributed by atoms with Crippen LogP contribution in [0.3, 0.4) is 0 Å². The molecule has 2 amide bonds. The Morgan fingerprint density at radius 3 is 2.18 bits per heavy atom. The Kier molecular flexibility index (Phi) is 9.93. The van der Waals surface area contributed by atoms with E-state index in [1.165, 1.54) is 12.7 Å². The Morgan fingerprint density at radius 1 is 0.933 bits per heavy atom. The number of piperidine rings is 1. The summed E-state index contributed by atoms with van der Waals surface area (Å²) in [6, 6.07) is 15.8. The molecule has 1 atom stereocenters. The number of anilines is 3. The summed E-state index contributed by atoms with van der Waals surface area (Å²) < 4.78 is 38.1. The van der Waals surface area contributed by atoms with Gasteiger partial charge in [0.25, 0.3) is 0 Å². The highest BCUT2D eigenvalue weighted by Gasteiger charge is 2.33. The maximum Gasteiger partial charge on any atom is 0.323 e. The molecule has 2 heterocycles. The number of morpholine rings is 1. The van der Waals surface area contributed by atoms with E-state index in [4.69, 9.17) is 9.47 Å². The van der Waals surface area contributed by atoms with Gasteiger partial charge >= 0.3 is 6.03 Å². The van der Waals surface area contributed by atoms with Gasteiger partial charge in [0.1, 0.15) is 0 Å². The molecule has 0 spiro atoms. The Morgan fingerprint density at radius 2 is 1.56 bits per heavy atom. The van der Waals surface area contributed by atoms with Crippen molar-refractivity contribution in [2.45, 2.75) is 45.1 Å². The number of carbonyl (C=O) groups is 1. The summed E-state index contributed by atoms with van der Waals surface area (Å²) in [7, 11) is 0.0501. The van der Waals surface area contributed by atoms with Crippen LogP contribution in [0.25, 0.3) is 10.8 Å². The number of methoxy groups -OCH3 is 1. The van der Waals surface area contributed by atoms with Gasteiger partial charge in [0.15, 0.2) is 5.75 Å². The normalized spacial score (nSPS) is 18.0. The second kappa shape index (κ2) is 13.5. The van der Waals surface area contributed by atoms with Crippen LogP contribution in [0, 0.1) is 5.92 Å². The van der Waals surface area contributed by atoms with E-state index >= 15 is 0 Å². The third kappa shape index (κ3) is 7.89. The summed E-state index contributed by atoms with van der Waals surface area (Å²) in [6.07, 6.45) is 3.36. The molecule has 11 heteroatoms. The number of benzene rings is 3. The van der Waals surface area contributed by atoms with Crippen LogP contribution < -0.4 is 20.1 Å². The third-order valence-electron chi connectivity index (χ3n) is 8.88. The van der Waals surface area contributed by atoms with Crippen molar-refractivity contribution in [2.24, 2.45) is 5.92 Å². The van der Waals surface area contributed by atoms with E-state index in [1.54, 1.807) is 6.07 Å². The molecule has 2 saturated heterocycles. The molecule has 5 rings (SSSR count). The molecule has 0 radical (unpaired) electrons. The molecule has 1 unspecified atom stereocenters. The second-order valence-corrected chi connectivity index (χ2v) is 15.0. The number of carbonyl (C=O) groups excluding carboxylic acids is 1. The average Bonchev–Trinajstić information content (AvgIpc) is 2.98. The van der Waals surface area contributed by atoms with Gasteiger partial charge in [-0.1, -0.05) is 51.1 Å². The summed E-state index contributed by atoms with van der Waals surface area (Å²) in [6.45, 7) is 11.5. The van der Waals surface area contributed by atoms with E-state index in [-0.39, 0.29) is 22.9 Å². The Bertz CT molecular complexity index is 1620. The Labute approximate surface area is 267 Å². The molecule has 2 fully saturated rings. The molecular weight excluding hydrogens is 590 g/mol. The number of amides is 2. The number of hydrogen-bond acceptors (Lipinski definition) is 7. The van der Waals surface area contributed by atoms with Crippen LogP contribution in [-0.4, -0.2) is 84.1 Å². The fourth-order valence-electron chi connectivity index (χ4n) is 6.56. The summed E-state index contributed by atoms with van der Waals surface area (Å²) in [5.74, 6) is 0.761. The lowest BCUT2D eigenvalue weighted by Crippen LogP contribution is -2.44. The van der Waals surface area contributed by atoms with Crippen molar-refractivity contribution < 1.29 is 22.7 Å². The molecule has 2 aliphatic heterocycles. The van der Waals surface area contributed by atoms with Crippen molar-refractivity contribution in [2.75, 3.05) is 75.2 Å². The molecular formula is C34H47N5O5S. The van der Waals surface area contributed by atoms with Crippen LogP contribution in [0.4, 0.5) is 21.9 Å². The SMILES string of the molecule is COc1c(NC(=O)Nc2ccc(C(C3CCN(C)CC3)N3CCOCC3)c3ccccc23)cc(C(C)(C)C)cc1NS(C)(=O)=O. The van der Waals surface area contributed by atoms with Gasteiger partial charge in [-0.05, 0) is 79.0 Å². The highest BCUT2D eigenvalue weighted by molar-refractivity contribution is 7.92. The predicted octanol–water partition coefficient (Wildman–Crippen LogP) is 5.88. The molecule has 3 aromatic rings. The van der Waals surface area contributed by atoms with Crippen LogP contribution >= 0.6 is 0 Å². The molecule has 10 nitrogen and oxygen atoms in total. The zero-order valence-corrected chi connectivity index (χ0v) is 28.1. The number of sulfonamides is 1. The highest BCUT2D eigenvalue weighted by atomic mass is 32.2. The van der Waals surface area contributed by atoms with Gasteiger partial charge in [-0.2, -0.15) is 0 Å². The first-order valence-corrected chi connectivity index (χ1v) is 17.5. The first-order valence-electron chi connectivity index (χ1n) is 15.6. The van der Waals surface area contributed by atoms with Gasteiger partial charge in [-0.25, -0.2) is 13.2 Å². The maximum absolute atomic E-state index is 13.6. The molecule has 3 aromatic carbocycles. The molecule has 0 bridgehead atoms. The Hall–Kier alpha value is -3.38. The molecule has 0 aromatic heterocycles. The molecule has 45 heavy (non-hydrogen) atoms. The monoisotopic (exact) mass is 637 g/mol. The minimum absolute atomic E-state index is 0.232. The molecule has 2 aliphatic rings. The van der Waals surface area contributed by atoms with E-state index in [9.17, 15) is 13.2 Å². The number of fused-ring (bicyclic) bond motifs is 1. The van der Waals surface area contributed by atoms with E-state index in [0.29, 0.717) is 17.3 Å². The molecule has 244 valence electrons. The van der Waals surface area contributed by atoms with Crippen LogP contribution in [0.15, 0.2) is 48.5 Å². The number of nitrogens with zero attached hydrogens (tertiary/aromatic N) is 2. The van der Waals surface area contributed by atoms with E-state index in [2.05, 4.69) is 56.5 Å². The van der Waals surface area contributed by atoms with E-state index < -0.39 is 16.1 Å². The fourth-order valence-corrected chi connectivity index (χ4v) is 7.12. The summed E-state index contributed by atoms with van der Waals surface area (Å²) in [5.41, 5.74) is 3.12. The number of likely N-dealkylation sites (tertiary alicyclic amines) is 1. The third-order valence-corrected chi connectivity index (χ3v) is 9.47. The van der Waals surface area contributed by atoms with Crippen molar-refractivity contribution in [1.29, 1.82) is 0 Å². The zero-order valence-electron chi connectivity index (χ0n) is 27.3. The highest BCUT2D eigenvalue weighted by Crippen LogP contribution is 2.42. The van der Waals surface area contributed by atoms with Crippen molar-refractivity contribution in [3.8, 4) is 5.75 Å². The number of nitrogens with one attached hydrogen (secondary N) is 3. The van der Waals surface area contributed by atoms with Gasteiger partial charge in [-0.15, -0.1) is 0 Å². The van der Waals surface area contributed by atoms with Crippen LogP contribution in [0.1, 0.15) is 50.8 Å². The predicted molar refractivity (Wildman–Crippen MR) is 182 cm³/mol. The molecule has 0 saturated carbocycles. The van der Waals surface area contributed by atoms with E-state index in [1.807, 2.05) is 39.0 Å². The van der Waals surface area contributed by atoms with Crippen molar-refractivity contribution in [3.63, 3.8) is 0 Å². The number of urea groups is 1. The topological polar surface area (TPSA) is 112 Å². The van der Waals surface area contributed by atoms with Crippen molar-refractivity contribution in [3.05, 3.63) is 59.7 Å². The van der Waals surface area contributed by atoms with Gasteiger partial charge in [0.2, 0.25) is 10.0 Å². The fraction of sp³-hybridized carbons (Fsp3) is 0.500. The smallest absolute Gasteiger partial charge is 0.323 e. The van der Waals surface area contributed by atoms with E-state index in [0.717, 1.165) is 74.8 Å². The van der Waals surface area contributed by atoms with Crippen LogP contribution in [0.2, 0.25) is 0 Å². The van der Waals surface area contributed by atoms with Crippen molar-refractivity contribution in [1.82, 2.24) is 9.80 Å². The summed E-state index contributed by atoms with van der Waals surface area (Å²) >= 11 is 0.